The summed E-state index contributed by atoms with van der Waals surface area (Å²) in [5.41, 5.74) is -0.722. The third kappa shape index (κ3) is 21.7. The highest BCUT2D eigenvalue weighted by Gasteiger charge is 2.29. The van der Waals surface area contributed by atoms with Crippen molar-refractivity contribution in [1.82, 2.24) is 0 Å². The van der Waals surface area contributed by atoms with Crippen LogP contribution in [0.4, 0.5) is 0 Å². The summed E-state index contributed by atoms with van der Waals surface area (Å²) < 4.78 is 16.2. The van der Waals surface area contributed by atoms with E-state index in [1.54, 1.807) is 20.8 Å². The highest BCUT2D eigenvalue weighted by atomic mass is 16.6. The van der Waals surface area contributed by atoms with Gasteiger partial charge in [0.2, 0.25) is 0 Å². The molecular weight excluding hydrogens is 456 g/mol. The third-order valence-corrected chi connectivity index (χ3v) is 6.20. The van der Waals surface area contributed by atoms with Crippen molar-refractivity contribution in [2.75, 3.05) is 13.2 Å². The van der Waals surface area contributed by atoms with Gasteiger partial charge in [-0.15, -0.1) is 0 Å². The van der Waals surface area contributed by atoms with Crippen LogP contribution in [0.25, 0.3) is 0 Å². The molecule has 0 aliphatic carbocycles. The van der Waals surface area contributed by atoms with Crippen LogP contribution in [0.1, 0.15) is 150 Å². The van der Waals surface area contributed by atoms with Crippen molar-refractivity contribution >= 4 is 17.9 Å². The first kappa shape index (κ1) is 34.4. The number of carbonyl (C=O) groups excluding carboxylic acids is 3. The van der Waals surface area contributed by atoms with Gasteiger partial charge in [-0.3, -0.25) is 14.4 Å². The smallest absolute Gasteiger partial charge is 0.311 e. The Bertz CT molecular complexity index is 530. The second-order valence-electron chi connectivity index (χ2n) is 11.1. The van der Waals surface area contributed by atoms with Crippen LogP contribution in [0, 0.1) is 5.41 Å². The van der Waals surface area contributed by atoms with Gasteiger partial charge in [0, 0.05) is 0 Å². The van der Waals surface area contributed by atoms with Crippen LogP contribution in [-0.4, -0.2) is 37.2 Å². The third-order valence-electron chi connectivity index (χ3n) is 6.20. The Balaban J connectivity index is 4.27. The molecule has 0 amide bonds. The molecule has 0 saturated carbocycles. The fraction of sp³-hybridized carbons (Fsp3) is 0.900. The maximum absolute atomic E-state index is 12.4. The van der Waals surface area contributed by atoms with Crippen molar-refractivity contribution in [2.45, 2.75) is 156 Å². The molecule has 0 aromatic rings. The largest absolute Gasteiger partial charge is 0.466 e. The minimum absolute atomic E-state index is 0.133. The topological polar surface area (TPSA) is 78.9 Å². The molecule has 0 fully saturated rings. The van der Waals surface area contributed by atoms with Crippen LogP contribution >= 0.6 is 0 Å². The van der Waals surface area contributed by atoms with Crippen molar-refractivity contribution < 1.29 is 28.6 Å². The molecule has 0 aromatic heterocycles. The Morgan fingerprint density at radius 2 is 0.889 bits per heavy atom. The zero-order valence-electron chi connectivity index (χ0n) is 24.2. The number of carbonyl (C=O) groups is 3. The van der Waals surface area contributed by atoms with Crippen LogP contribution in [0.2, 0.25) is 0 Å². The molecule has 0 unspecified atom stereocenters. The molecule has 0 saturated heterocycles. The number of rotatable bonds is 23. The SMILES string of the molecule is CCCCCCCCCCOC(=O)CC(CC(=O)OCCCCCCCCCC)OC(=O)C(C)(C)C. The summed E-state index contributed by atoms with van der Waals surface area (Å²) in [7, 11) is 0. The van der Waals surface area contributed by atoms with E-state index in [0.717, 1.165) is 38.5 Å². The van der Waals surface area contributed by atoms with E-state index in [4.69, 9.17) is 14.2 Å². The summed E-state index contributed by atoms with van der Waals surface area (Å²) in [5, 5.41) is 0. The summed E-state index contributed by atoms with van der Waals surface area (Å²) in [6.45, 7) is 10.4. The molecule has 0 bridgehead atoms. The monoisotopic (exact) mass is 512 g/mol. The standard InChI is InChI=1S/C30H56O6/c1-6-8-10-12-14-16-18-20-22-34-27(31)24-26(36-29(33)30(3,4)5)25-28(32)35-23-21-19-17-15-13-11-9-7-2/h26H,6-25H2,1-5H3. The molecule has 212 valence electrons. The lowest BCUT2D eigenvalue weighted by Crippen LogP contribution is -2.32. The van der Waals surface area contributed by atoms with Crippen molar-refractivity contribution in [1.29, 1.82) is 0 Å². The van der Waals surface area contributed by atoms with Crippen molar-refractivity contribution in [2.24, 2.45) is 5.41 Å². The maximum atomic E-state index is 12.4. The molecule has 0 heterocycles. The van der Waals surface area contributed by atoms with Gasteiger partial charge < -0.3 is 14.2 Å². The van der Waals surface area contributed by atoms with E-state index >= 15 is 0 Å². The Morgan fingerprint density at radius 3 is 1.22 bits per heavy atom. The molecular formula is C30H56O6. The lowest BCUT2D eigenvalue weighted by atomic mass is 9.97. The molecule has 0 rings (SSSR count). The Labute approximate surface area is 221 Å². The van der Waals surface area contributed by atoms with E-state index in [-0.39, 0.29) is 12.8 Å². The highest BCUT2D eigenvalue weighted by Crippen LogP contribution is 2.19. The van der Waals surface area contributed by atoms with E-state index in [1.807, 2.05) is 0 Å². The van der Waals surface area contributed by atoms with Gasteiger partial charge in [-0.1, -0.05) is 104 Å². The number of esters is 3. The molecule has 36 heavy (non-hydrogen) atoms. The molecule has 6 nitrogen and oxygen atoms in total. The van der Waals surface area contributed by atoms with Crippen molar-refractivity contribution in [3.8, 4) is 0 Å². The van der Waals surface area contributed by atoms with E-state index in [0.29, 0.717) is 13.2 Å². The summed E-state index contributed by atoms with van der Waals surface area (Å²) in [6, 6.07) is 0. The molecule has 0 atom stereocenters. The Morgan fingerprint density at radius 1 is 0.556 bits per heavy atom. The molecule has 6 heteroatoms. The lowest BCUT2D eigenvalue weighted by Gasteiger charge is -2.22. The van der Waals surface area contributed by atoms with E-state index in [2.05, 4.69) is 13.8 Å². The minimum atomic E-state index is -0.867. The number of unbranched alkanes of at least 4 members (excludes halogenated alkanes) is 14. The van der Waals surface area contributed by atoms with Gasteiger partial charge in [-0.2, -0.15) is 0 Å². The molecule has 0 aromatic carbocycles. The molecule has 0 aliphatic heterocycles. The van der Waals surface area contributed by atoms with Gasteiger partial charge >= 0.3 is 17.9 Å². The summed E-state index contributed by atoms with van der Waals surface area (Å²) >= 11 is 0. The van der Waals surface area contributed by atoms with Gasteiger partial charge in [0.1, 0.15) is 6.10 Å². The van der Waals surface area contributed by atoms with Gasteiger partial charge in [0.25, 0.3) is 0 Å². The van der Waals surface area contributed by atoms with Crippen molar-refractivity contribution in [3.63, 3.8) is 0 Å². The Kier molecular flexibility index (Phi) is 21.6. The highest BCUT2D eigenvalue weighted by molar-refractivity contribution is 5.78. The zero-order valence-corrected chi connectivity index (χ0v) is 24.2. The maximum Gasteiger partial charge on any atom is 0.311 e. The summed E-state index contributed by atoms with van der Waals surface area (Å²) in [6.07, 6.45) is 17.5. The van der Waals surface area contributed by atoms with Crippen LogP contribution < -0.4 is 0 Å². The first-order valence-corrected chi connectivity index (χ1v) is 14.7. The van der Waals surface area contributed by atoms with E-state index < -0.39 is 29.4 Å². The predicted molar refractivity (Wildman–Crippen MR) is 146 cm³/mol. The van der Waals surface area contributed by atoms with Crippen LogP contribution in [0.3, 0.4) is 0 Å². The second-order valence-corrected chi connectivity index (χ2v) is 11.1. The van der Waals surface area contributed by atoms with Gasteiger partial charge in [0.15, 0.2) is 0 Å². The zero-order chi connectivity index (χ0) is 27.1. The first-order valence-electron chi connectivity index (χ1n) is 14.7. The summed E-state index contributed by atoms with van der Waals surface area (Å²) in [5.74, 6) is -1.33. The van der Waals surface area contributed by atoms with Gasteiger partial charge in [-0.25, -0.2) is 0 Å². The average Bonchev–Trinajstić information content (AvgIpc) is 2.81. The summed E-state index contributed by atoms with van der Waals surface area (Å²) in [4.78, 5) is 37.0. The van der Waals surface area contributed by atoms with E-state index in [9.17, 15) is 14.4 Å². The van der Waals surface area contributed by atoms with Gasteiger partial charge in [0.05, 0.1) is 31.5 Å². The molecule has 0 N–H and O–H groups in total. The lowest BCUT2D eigenvalue weighted by molar-refractivity contribution is -0.165. The van der Waals surface area contributed by atoms with Crippen LogP contribution in [-0.2, 0) is 28.6 Å². The fourth-order valence-electron chi connectivity index (χ4n) is 3.82. The number of hydrogen-bond acceptors (Lipinski definition) is 6. The average molecular weight is 513 g/mol. The fourth-order valence-corrected chi connectivity index (χ4v) is 3.82. The van der Waals surface area contributed by atoms with Crippen LogP contribution in [0.15, 0.2) is 0 Å². The van der Waals surface area contributed by atoms with E-state index in [1.165, 1.54) is 64.2 Å². The molecule has 0 radical (unpaired) electrons. The number of ether oxygens (including phenoxy) is 3. The molecule has 0 aliphatic rings. The van der Waals surface area contributed by atoms with Crippen molar-refractivity contribution in [3.05, 3.63) is 0 Å². The minimum Gasteiger partial charge on any atom is -0.466 e. The second kappa shape index (κ2) is 22.6. The predicted octanol–water partition coefficient (Wildman–Crippen LogP) is 8.09. The molecule has 0 spiro atoms. The number of hydrogen-bond donors (Lipinski definition) is 0. The normalized spacial score (nSPS) is 11.5. The quantitative estimate of drug-likeness (QED) is 0.0782. The first-order chi connectivity index (χ1) is 17.2. The van der Waals surface area contributed by atoms with Crippen LogP contribution in [0.5, 0.6) is 0 Å². The van der Waals surface area contributed by atoms with Gasteiger partial charge in [-0.05, 0) is 33.6 Å². The Hall–Kier alpha value is -1.59.